The van der Waals surface area contributed by atoms with Crippen molar-refractivity contribution in [2.45, 2.75) is 39.0 Å². The summed E-state index contributed by atoms with van der Waals surface area (Å²) >= 11 is 0. The minimum absolute atomic E-state index is 0.115. The molecule has 1 amide bonds. The summed E-state index contributed by atoms with van der Waals surface area (Å²) in [6, 6.07) is 8.22. The number of carbonyl (C=O) groups excluding carboxylic acids is 1. The Morgan fingerprint density at radius 1 is 1.09 bits per heavy atom. The molecule has 2 fully saturated rings. The minimum Gasteiger partial charge on any atom is -0.370 e. The predicted octanol–water partition coefficient (Wildman–Crippen LogP) is 3.35. The van der Waals surface area contributed by atoms with Crippen molar-refractivity contribution < 1.29 is 4.79 Å². The molecule has 1 aromatic carbocycles. The van der Waals surface area contributed by atoms with E-state index < -0.39 is 0 Å². The van der Waals surface area contributed by atoms with Crippen LogP contribution < -0.4 is 10.2 Å². The van der Waals surface area contributed by atoms with Gasteiger partial charge in [0.2, 0.25) is 5.91 Å². The number of nitrogens with zero attached hydrogens (tertiary/aromatic N) is 2. The number of hydrogen-bond donors (Lipinski definition) is 1. The van der Waals surface area contributed by atoms with Gasteiger partial charge in [0.1, 0.15) is 0 Å². The highest BCUT2D eigenvalue weighted by molar-refractivity contribution is 5.95. The fourth-order valence-corrected chi connectivity index (χ4v) is 3.60. The smallest absolute Gasteiger partial charge is 0.238 e. The number of anilines is 2. The zero-order valence-corrected chi connectivity index (χ0v) is 14.3. The quantitative estimate of drug-likeness (QED) is 0.925. The van der Waals surface area contributed by atoms with E-state index in [1.165, 1.54) is 37.8 Å². The summed E-state index contributed by atoms with van der Waals surface area (Å²) in [5.74, 6) is 0.915. The first kappa shape index (κ1) is 16.3. The van der Waals surface area contributed by atoms with E-state index in [0.717, 1.165) is 37.8 Å². The zero-order chi connectivity index (χ0) is 16.1. The molecule has 3 rings (SSSR count). The Balaban J connectivity index is 1.59. The molecule has 0 radical (unpaired) electrons. The average molecular weight is 315 g/mol. The lowest BCUT2D eigenvalue weighted by atomic mass is 9.99. The molecule has 4 nitrogen and oxygen atoms in total. The van der Waals surface area contributed by atoms with Gasteiger partial charge in [-0.3, -0.25) is 9.69 Å². The number of hydrogen-bond acceptors (Lipinski definition) is 3. The van der Waals surface area contributed by atoms with Crippen LogP contribution in [-0.4, -0.2) is 43.5 Å². The van der Waals surface area contributed by atoms with Crippen LogP contribution in [0, 0.1) is 5.92 Å². The van der Waals surface area contributed by atoms with Crippen molar-refractivity contribution in [3.05, 3.63) is 24.3 Å². The van der Waals surface area contributed by atoms with Gasteiger partial charge in [0, 0.05) is 13.1 Å². The van der Waals surface area contributed by atoms with E-state index in [1.807, 2.05) is 12.1 Å². The number of piperidine rings is 2. The molecule has 2 heterocycles. The molecule has 1 aromatic rings. The molecule has 0 unspecified atom stereocenters. The molecule has 0 bridgehead atoms. The Hall–Kier alpha value is -1.55. The number of para-hydroxylation sites is 2. The van der Waals surface area contributed by atoms with Gasteiger partial charge in [0.05, 0.1) is 17.9 Å². The monoisotopic (exact) mass is 315 g/mol. The number of carbonyl (C=O) groups is 1. The Morgan fingerprint density at radius 2 is 1.78 bits per heavy atom. The first-order chi connectivity index (χ1) is 11.2. The third-order valence-corrected chi connectivity index (χ3v) is 5.12. The number of likely N-dealkylation sites (tertiary alicyclic amines) is 1. The van der Waals surface area contributed by atoms with E-state index in [4.69, 9.17) is 0 Å². The summed E-state index contributed by atoms with van der Waals surface area (Å²) in [4.78, 5) is 17.1. The van der Waals surface area contributed by atoms with Crippen LogP contribution in [0.25, 0.3) is 0 Å². The molecule has 0 atom stereocenters. The van der Waals surface area contributed by atoms with Crippen molar-refractivity contribution in [1.82, 2.24) is 4.90 Å². The molecule has 2 aliphatic heterocycles. The topological polar surface area (TPSA) is 35.6 Å². The van der Waals surface area contributed by atoms with E-state index in [9.17, 15) is 4.79 Å². The normalized spacial score (nSPS) is 20.5. The van der Waals surface area contributed by atoms with Gasteiger partial charge in [-0.05, 0) is 63.2 Å². The zero-order valence-electron chi connectivity index (χ0n) is 14.3. The van der Waals surface area contributed by atoms with Crippen LogP contribution in [0.5, 0.6) is 0 Å². The second-order valence-corrected chi connectivity index (χ2v) is 7.07. The fraction of sp³-hybridized carbons (Fsp3) is 0.632. The van der Waals surface area contributed by atoms with Gasteiger partial charge in [0.15, 0.2) is 0 Å². The van der Waals surface area contributed by atoms with Crippen LogP contribution in [0.15, 0.2) is 24.3 Å². The molecular formula is C19H29N3O. The maximum Gasteiger partial charge on any atom is 0.238 e. The molecule has 2 saturated heterocycles. The van der Waals surface area contributed by atoms with Crippen molar-refractivity contribution in [3.63, 3.8) is 0 Å². The number of rotatable bonds is 4. The van der Waals surface area contributed by atoms with Gasteiger partial charge in [-0.15, -0.1) is 0 Å². The fourth-order valence-electron chi connectivity index (χ4n) is 3.60. The van der Waals surface area contributed by atoms with Crippen LogP contribution in [0.4, 0.5) is 11.4 Å². The molecule has 2 aliphatic rings. The summed E-state index contributed by atoms with van der Waals surface area (Å²) in [6.07, 6.45) is 6.22. The van der Waals surface area contributed by atoms with E-state index in [1.54, 1.807) is 0 Å². The summed E-state index contributed by atoms with van der Waals surface area (Å²) < 4.78 is 0. The number of nitrogens with one attached hydrogen (secondary N) is 1. The van der Waals surface area contributed by atoms with E-state index in [-0.39, 0.29) is 5.91 Å². The van der Waals surface area contributed by atoms with Gasteiger partial charge >= 0.3 is 0 Å². The third-order valence-electron chi connectivity index (χ3n) is 5.12. The van der Waals surface area contributed by atoms with E-state index >= 15 is 0 Å². The van der Waals surface area contributed by atoms with Crippen molar-refractivity contribution in [2.24, 2.45) is 5.92 Å². The Kier molecular flexibility index (Phi) is 5.55. The molecule has 0 aromatic heterocycles. The van der Waals surface area contributed by atoms with Gasteiger partial charge < -0.3 is 10.2 Å². The third kappa shape index (κ3) is 4.47. The van der Waals surface area contributed by atoms with Crippen LogP contribution in [0.1, 0.15) is 39.0 Å². The summed E-state index contributed by atoms with van der Waals surface area (Å²) in [6.45, 7) is 7.09. The number of amides is 1. The molecule has 126 valence electrons. The van der Waals surface area contributed by atoms with Gasteiger partial charge in [-0.25, -0.2) is 0 Å². The Bertz CT molecular complexity index is 517. The van der Waals surface area contributed by atoms with Crippen LogP contribution in [0.3, 0.4) is 0 Å². The lowest BCUT2D eigenvalue weighted by molar-refractivity contribution is -0.117. The first-order valence-corrected chi connectivity index (χ1v) is 9.08. The molecular weight excluding hydrogens is 286 g/mol. The maximum absolute atomic E-state index is 12.4. The second-order valence-electron chi connectivity index (χ2n) is 7.07. The molecule has 4 heteroatoms. The Labute approximate surface area is 139 Å². The molecule has 23 heavy (non-hydrogen) atoms. The van der Waals surface area contributed by atoms with Crippen molar-refractivity contribution in [1.29, 1.82) is 0 Å². The summed E-state index contributed by atoms with van der Waals surface area (Å²) in [5, 5.41) is 3.14. The summed E-state index contributed by atoms with van der Waals surface area (Å²) in [7, 11) is 0. The van der Waals surface area contributed by atoms with Crippen molar-refractivity contribution in [2.75, 3.05) is 42.9 Å². The second kappa shape index (κ2) is 7.82. The minimum atomic E-state index is 0.115. The SMILES string of the molecule is CC1CCN(CC(=O)Nc2ccccc2N2CCCCC2)CC1. The lowest BCUT2D eigenvalue weighted by Crippen LogP contribution is -2.39. The molecule has 0 spiro atoms. The van der Waals surface area contributed by atoms with Crippen LogP contribution >= 0.6 is 0 Å². The lowest BCUT2D eigenvalue weighted by Gasteiger charge is -2.31. The highest BCUT2D eigenvalue weighted by Gasteiger charge is 2.19. The Morgan fingerprint density at radius 3 is 2.52 bits per heavy atom. The number of benzene rings is 1. The molecule has 0 aliphatic carbocycles. The average Bonchev–Trinajstić information content (AvgIpc) is 2.58. The van der Waals surface area contributed by atoms with Crippen LogP contribution in [0.2, 0.25) is 0 Å². The first-order valence-electron chi connectivity index (χ1n) is 9.08. The molecule has 1 N–H and O–H groups in total. The van der Waals surface area contributed by atoms with E-state index in [2.05, 4.69) is 34.2 Å². The largest absolute Gasteiger partial charge is 0.370 e. The maximum atomic E-state index is 12.4. The summed E-state index contributed by atoms with van der Waals surface area (Å²) in [5.41, 5.74) is 2.14. The van der Waals surface area contributed by atoms with Crippen molar-refractivity contribution >= 4 is 17.3 Å². The van der Waals surface area contributed by atoms with Crippen molar-refractivity contribution in [3.8, 4) is 0 Å². The van der Waals surface area contributed by atoms with Gasteiger partial charge in [0.25, 0.3) is 0 Å². The standard InChI is InChI=1S/C19H29N3O/c1-16-9-13-21(14-10-16)15-19(23)20-17-7-3-4-8-18(17)22-11-5-2-6-12-22/h3-4,7-8,16H,2,5-6,9-15H2,1H3,(H,20,23). The predicted molar refractivity (Wildman–Crippen MR) is 96.0 cm³/mol. The van der Waals surface area contributed by atoms with E-state index in [0.29, 0.717) is 6.54 Å². The van der Waals surface area contributed by atoms with Gasteiger partial charge in [-0.1, -0.05) is 19.1 Å². The molecule has 0 saturated carbocycles. The van der Waals surface area contributed by atoms with Crippen LogP contribution in [-0.2, 0) is 4.79 Å². The van der Waals surface area contributed by atoms with Gasteiger partial charge in [-0.2, -0.15) is 0 Å². The highest BCUT2D eigenvalue weighted by atomic mass is 16.2. The highest BCUT2D eigenvalue weighted by Crippen LogP contribution is 2.28.